The highest BCUT2D eigenvalue weighted by Crippen LogP contribution is 2.61. The van der Waals surface area contributed by atoms with Crippen molar-refractivity contribution in [1.29, 1.82) is 0 Å². The Hall–Kier alpha value is -2.83. The van der Waals surface area contributed by atoms with Crippen molar-refractivity contribution in [1.82, 2.24) is 15.0 Å². The van der Waals surface area contributed by atoms with Crippen molar-refractivity contribution in [3.8, 4) is 5.75 Å². The van der Waals surface area contributed by atoms with Crippen LogP contribution in [-0.4, -0.2) is 27.2 Å². The molecule has 0 aliphatic carbocycles. The summed E-state index contributed by atoms with van der Waals surface area (Å²) in [4.78, 5) is 0.131. The Balaban J connectivity index is 1.81. The van der Waals surface area contributed by atoms with Crippen LogP contribution in [0.2, 0.25) is 0 Å². The lowest BCUT2D eigenvalue weighted by molar-refractivity contribution is 0.0108. The zero-order valence-electron chi connectivity index (χ0n) is 15.5. The highest BCUT2D eigenvalue weighted by molar-refractivity contribution is 8.00. The Labute approximate surface area is 167 Å². The molecule has 0 fully saturated rings. The van der Waals surface area contributed by atoms with E-state index in [2.05, 4.69) is 10.3 Å². The summed E-state index contributed by atoms with van der Waals surface area (Å²) < 4.78 is 7.25. The number of aromatic nitrogens is 3. The van der Waals surface area contributed by atoms with Crippen LogP contribution >= 0.6 is 11.8 Å². The second-order valence-electron chi connectivity index (χ2n) is 7.01. The van der Waals surface area contributed by atoms with Gasteiger partial charge in [0.2, 0.25) is 0 Å². The van der Waals surface area contributed by atoms with Crippen LogP contribution in [0.25, 0.3) is 11.0 Å². The van der Waals surface area contributed by atoms with E-state index in [0.717, 1.165) is 32.8 Å². The minimum absolute atomic E-state index is 0.759. The average molecular weight is 389 g/mol. The number of hydrogen-bond donors (Lipinski definition) is 1. The van der Waals surface area contributed by atoms with E-state index in [1.165, 1.54) is 0 Å². The van der Waals surface area contributed by atoms with Gasteiger partial charge in [0.15, 0.2) is 5.60 Å². The molecule has 6 heteroatoms. The van der Waals surface area contributed by atoms with E-state index in [1.54, 1.807) is 18.9 Å². The molecule has 5 nitrogen and oxygen atoms in total. The van der Waals surface area contributed by atoms with Crippen molar-refractivity contribution in [2.45, 2.75) is 22.3 Å². The molecule has 28 heavy (non-hydrogen) atoms. The van der Waals surface area contributed by atoms with Crippen molar-refractivity contribution < 1.29 is 9.84 Å². The largest absolute Gasteiger partial charge is 0.497 e. The molecule has 1 aliphatic rings. The van der Waals surface area contributed by atoms with Crippen LogP contribution < -0.4 is 4.74 Å². The molecule has 4 aromatic rings. The number of benzene rings is 3. The molecule has 2 unspecified atom stereocenters. The van der Waals surface area contributed by atoms with Gasteiger partial charge in [-0.2, -0.15) is 0 Å². The normalized spacial score (nSPS) is 23.7. The molecule has 0 radical (unpaired) electrons. The Morgan fingerprint density at radius 3 is 2.54 bits per heavy atom. The van der Waals surface area contributed by atoms with Gasteiger partial charge in [0.05, 0.1) is 12.6 Å². The van der Waals surface area contributed by atoms with Crippen LogP contribution in [-0.2, 0) is 10.5 Å². The van der Waals surface area contributed by atoms with Gasteiger partial charge in [0.25, 0.3) is 0 Å². The van der Waals surface area contributed by atoms with Crippen molar-refractivity contribution in [2.24, 2.45) is 0 Å². The summed E-state index contributed by atoms with van der Waals surface area (Å²) in [7, 11) is 1.65. The average Bonchev–Trinajstić information content (AvgIpc) is 3.27. The van der Waals surface area contributed by atoms with E-state index in [4.69, 9.17) is 4.74 Å². The maximum atomic E-state index is 12.3. The molecule has 2 atom stereocenters. The van der Waals surface area contributed by atoms with Crippen LogP contribution in [0.1, 0.15) is 18.1 Å². The Morgan fingerprint density at radius 2 is 1.75 bits per heavy atom. The van der Waals surface area contributed by atoms with Gasteiger partial charge in [-0.15, -0.1) is 5.10 Å². The van der Waals surface area contributed by atoms with Crippen LogP contribution in [0.4, 0.5) is 0 Å². The van der Waals surface area contributed by atoms with Crippen LogP contribution in [0.5, 0.6) is 5.75 Å². The lowest BCUT2D eigenvalue weighted by Gasteiger charge is -2.39. The Bertz CT molecular complexity index is 1180. The van der Waals surface area contributed by atoms with Crippen LogP contribution in [0, 0.1) is 0 Å². The zero-order chi connectivity index (χ0) is 19.4. The Morgan fingerprint density at radius 1 is 1.00 bits per heavy atom. The van der Waals surface area contributed by atoms with E-state index in [-0.39, 0.29) is 0 Å². The van der Waals surface area contributed by atoms with Gasteiger partial charge < -0.3 is 9.84 Å². The van der Waals surface area contributed by atoms with Crippen LogP contribution in [0.3, 0.4) is 0 Å². The van der Waals surface area contributed by atoms with E-state index < -0.39 is 10.5 Å². The highest BCUT2D eigenvalue weighted by Gasteiger charge is 2.59. The van der Waals surface area contributed by atoms with Gasteiger partial charge in [-0.1, -0.05) is 65.5 Å². The van der Waals surface area contributed by atoms with E-state index in [1.807, 2.05) is 84.4 Å². The van der Waals surface area contributed by atoms with Gasteiger partial charge in [-0.05, 0) is 36.8 Å². The Kier molecular flexibility index (Phi) is 3.76. The van der Waals surface area contributed by atoms with Gasteiger partial charge in [0, 0.05) is 10.5 Å². The lowest BCUT2D eigenvalue weighted by atomic mass is 9.80. The van der Waals surface area contributed by atoms with Crippen molar-refractivity contribution >= 4 is 22.8 Å². The van der Waals surface area contributed by atoms with Crippen molar-refractivity contribution in [3.63, 3.8) is 0 Å². The van der Waals surface area contributed by atoms with Gasteiger partial charge in [-0.25, -0.2) is 4.68 Å². The molecule has 0 bridgehead atoms. The number of fused-ring (bicyclic) bond motifs is 2. The summed E-state index contributed by atoms with van der Waals surface area (Å²) in [6.07, 6.45) is 0. The fourth-order valence-corrected chi connectivity index (χ4v) is 5.56. The topological polar surface area (TPSA) is 60.2 Å². The molecule has 3 aromatic carbocycles. The molecule has 0 amide bonds. The predicted molar refractivity (Wildman–Crippen MR) is 109 cm³/mol. The summed E-state index contributed by atoms with van der Waals surface area (Å²) in [5.41, 5.74) is 2.04. The second kappa shape index (κ2) is 6.09. The number of aliphatic hydroxyl groups is 1. The number of hydrogen-bond acceptors (Lipinski definition) is 5. The maximum absolute atomic E-state index is 12.3. The number of nitrogens with zero attached hydrogens (tertiary/aromatic N) is 3. The molecule has 1 N–H and O–H groups in total. The van der Waals surface area contributed by atoms with Gasteiger partial charge in [0.1, 0.15) is 16.1 Å². The van der Waals surface area contributed by atoms with Crippen LogP contribution in [0.15, 0.2) is 77.7 Å². The first-order valence-electron chi connectivity index (χ1n) is 9.04. The van der Waals surface area contributed by atoms with E-state index >= 15 is 0 Å². The highest BCUT2D eigenvalue weighted by atomic mass is 32.2. The fourth-order valence-electron chi connectivity index (χ4n) is 4.03. The number of ether oxygens (including phenoxy) is 1. The lowest BCUT2D eigenvalue weighted by Crippen LogP contribution is -2.47. The smallest absolute Gasteiger partial charge is 0.150 e. The summed E-state index contributed by atoms with van der Waals surface area (Å²) in [6.45, 7) is 2.01. The first-order chi connectivity index (χ1) is 13.6. The first kappa shape index (κ1) is 17.3. The van der Waals surface area contributed by atoms with Gasteiger partial charge in [-0.3, -0.25) is 0 Å². The van der Waals surface area contributed by atoms with Crippen molar-refractivity contribution in [3.05, 3.63) is 83.9 Å². The third-order valence-corrected chi connectivity index (χ3v) is 6.93. The minimum atomic E-state index is -1.29. The zero-order valence-corrected chi connectivity index (χ0v) is 16.4. The number of methoxy groups -OCH3 is 1. The van der Waals surface area contributed by atoms with E-state index in [0.29, 0.717) is 0 Å². The predicted octanol–water partition coefficient (Wildman–Crippen LogP) is 4.15. The summed E-state index contributed by atoms with van der Waals surface area (Å²) >= 11 is 1.57. The molecule has 140 valence electrons. The molecule has 5 rings (SSSR count). The van der Waals surface area contributed by atoms with Crippen molar-refractivity contribution in [2.75, 3.05) is 7.11 Å². The SMILES string of the molecule is COc1ccc2c(c1)SC(C)(n1nnc3ccccc31)C2(O)c1ccccc1. The fraction of sp³-hybridized carbons (Fsp3) is 0.182. The molecule has 0 saturated heterocycles. The number of thioether (sulfide) groups is 1. The molecule has 2 heterocycles. The van der Waals surface area contributed by atoms with E-state index in [9.17, 15) is 5.11 Å². The molecular weight excluding hydrogens is 370 g/mol. The third kappa shape index (κ3) is 2.19. The minimum Gasteiger partial charge on any atom is -0.497 e. The standard InChI is InChI=1S/C22H19N3O2S/c1-21(25-19-11-7-6-10-18(19)23-24-25)22(26,15-8-4-3-5-9-15)17-13-12-16(27-2)14-20(17)28-21/h3-14,26H,1-2H3. The number of para-hydroxylation sites is 1. The summed E-state index contributed by atoms with van der Waals surface area (Å²) in [5, 5.41) is 21.1. The molecule has 1 aromatic heterocycles. The second-order valence-corrected chi connectivity index (χ2v) is 8.45. The van der Waals surface area contributed by atoms with Gasteiger partial charge >= 0.3 is 0 Å². The monoisotopic (exact) mass is 389 g/mol. The molecular formula is C22H19N3O2S. The third-order valence-electron chi connectivity index (χ3n) is 5.51. The molecule has 0 saturated carbocycles. The molecule has 1 aliphatic heterocycles. The first-order valence-corrected chi connectivity index (χ1v) is 9.86. The maximum Gasteiger partial charge on any atom is 0.150 e. The molecule has 0 spiro atoms. The summed E-state index contributed by atoms with van der Waals surface area (Å²) in [5.74, 6) is 0.759. The number of rotatable bonds is 3. The quantitative estimate of drug-likeness (QED) is 0.570. The summed E-state index contributed by atoms with van der Waals surface area (Å²) in [6, 6.07) is 23.4.